The molecule has 1 atom stereocenters. The Morgan fingerprint density at radius 2 is 1.64 bits per heavy atom. The molecular weight excluding hydrogens is 428 g/mol. The summed E-state index contributed by atoms with van der Waals surface area (Å²) in [5.41, 5.74) is 4.45. The van der Waals surface area contributed by atoms with Gasteiger partial charge in [0.15, 0.2) is 5.16 Å². The first kappa shape index (κ1) is 21.5. The maximum absolute atomic E-state index is 13.5. The lowest BCUT2D eigenvalue weighted by Gasteiger charge is -2.31. The van der Waals surface area contributed by atoms with Gasteiger partial charge in [0.2, 0.25) is 5.91 Å². The van der Waals surface area contributed by atoms with Crippen LogP contribution in [0.3, 0.4) is 0 Å². The van der Waals surface area contributed by atoms with E-state index in [0.29, 0.717) is 6.42 Å². The first-order valence-electron chi connectivity index (χ1n) is 11.3. The van der Waals surface area contributed by atoms with Gasteiger partial charge < -0.3 is 4.90 Å². The Hall–Kier alpha value is -3.38. The Balaban J connectivity index is 1.43. The number of aromatic nitrogens is 3. The number of hydrogen-bond donors (Lipinski definition) is 0. The van der Waals surface area contributed by atoms with E-state index in [9.17, 15) is 4.79 Å². The van der Waals surface area contributed by atoms with E-state index in [2.05, 4.69) is 45.1 Å². The molecule has 0 spiro atoms. The van der Waals surface area contributed by atoms with E-state index in [1.165, 1.54) is 22.9 Å². The number of para-hydroxylation sites is 2. The number of aryl methyl sites for hydroxylation is 1. The third-order valence-electron chi connectivity index (χ3n) is 5.93. The monoisotopic (exact) mass is 454 g/mol. The fourth-order valence-electron chi connectivity index (χ4n) is 4.30. The fourth-order valence-corrected chi connectivity index (χ4v) is 5.24. The standard InChI is InChI=1S/C27H26N4OS/c1-20(26(32)30-18-10-14-22-13-8-9-17-24(22)30)33-27-29-28-25(19-21-11-4-2-5-12-21)31(27)23-15-6-3-7-16-23/h2-9,11-13,15-17,20H,10,14,18-19H2,1H3. The van der Waals surface area contributed by atoms with Gasteiger partial charge in [0, 0.05) is 24.3 Å². The zero-order chi connectivity index (χ0) is 22.6. The molecule has 1 aromatic heterocycles. The molecule has 2 heterocycles. The molecule has 33 heavy (non-hydrogen) atoms. The molecule has 1 amide bonds. The van der Waals surface area contributed by atoms with Crippen LogP contribution in [0.1, 0.15) is 30.3 Å². The Morgan fingerprint density at radius 1 is 0.939 bits per heavy atom. The molecule has 4 aromatic rings. The fraction of sp³-hybridized carbons (Fsp3) is 0.222. The Morgan fingerprint density at radius 3 is 2.42 bits per heavy atom. The maximum Gasteiger partial charge on any atom is 0.240 e. The lowest BCUT2D eigenvalue weighted by molar-refractivity contribution is -0.117. The summed E-state index contributed by atoms with van der Waals surface area (Å²) in [6.07, 6.45) is 2.68. The van der Waals surface area contributed by atoms with Crippen molar-refractivity contribution in [2.24, 2.45) is 0 Å². The number of carbonyl (C=O) groups is 1. The molecule has 5 nitrogen and oxygen atoms in total. The van der Waals surface area contributed by atoms with Crippen molar-refractivity contribution < 1.29 is 4.79 Å². The first-order chi connectivity index (χ1) is 16.2. The van der Waals surface area contributed by atoms with Gasteiger partial charge in [-0.05, 0) is 49.1 Å². The number of fused-ring (bicyclic) bond motifs is 1. The van der Waals surface area contributed by atoms with Gasteiger partial charge in [-0.3, -0.25) is 9.36 Å². The highest BCUT2D eigenvalue weighted by molar-refractivity contribution is 8.00. The third kappa shape index (κ3) is 4.57. The lowest BCUT2D eigenvalue weighted by Crippen LogP contribution is -2.40. The minimum absolute atomic E-state index is 0.111. The van der Waals surface area contributed by atoms with Gasteiger partial charge >= 0.3 is 0 Å². The van der Waals surface area contributed by atoms with Crippen LogP contribution in [-0.4, -0.2) is 32.5 Å². The summed E-state index contributed by atoms with van der Waals surface area (Å²) < 4.78 is 2.07. The third-order valence-corrected chi connectivity index (χ3v) is 6.96. The van der Waals surface area contributed by atoms with Crippen molar-refractivity contribution in [2.75, 3.05) is 11.4 Å². The predicted molar refractivity (Wildman–Crippen MR) is 133 cm³/mol. The number of anilines is 1. The van der Waals surface area contributed by atoms with E-state index < -0.39 is 0 Å². The molecule has 1 unspecified atom stereocenters. The van der Waals surface area contributed by atoms with Gasteiger partial charge in [-0.25, -0.2) is 0 Å². The summed E-state index contributed by atoms with van der Waals surface area (Å²) in [6.45, 7) is 2.72. The lowest BCUT2D eigenvalue weighted by atomic mass is 10.0. The van der Waals surface area contributed by atoms with Crippen molar-refractivity contribution in [3.8, 4) is 5.69 Å². The van der Waals surface area contributed by atoms with Crippen molar-refractivity contribution in [3.05, 3.63) is 102 Å². The molecule has 0 aliphatic carbocycles. The van der Waals surface area contributed by atoms with E-state index in [-0.39, 0.29) is 11.2 Å². The predicted octanol–water partition coefficient (Wildman–Crippen LogP) is 5.32. The largest absolute Gasteiger partial charge is 0.311 e. The number of benzene rings is 3. The van der Waals surface area contributed by atoms with Crippen LogP contribution >= 0.6 is 11.8 Å². The highest BCUT2D eigenvalue weighted by atomic mass is 32.2. The number of amides is 1. The molecule has 0 saturated heterocycles. The second-order valence-electron chi connectivity index (χ2n) is 8.21. The molecule has 0 saturated carbocycles. The summed E-state index contributed by atoms with van der Waals surface area (Å²) in [4.78, 5) is 15.4. The van der Waals surface area contributed by atoms with Crippen molar-refractivity contribution >= 4 is 23.4 Å². The smallest absolute Gasteiger partial charge is 0.240 e. The van der Waals surface area contributed by atoms with Crippen molar-refractivity contribution in [3.63, 3.8) is 0 Å². The molecular formula is C27H26N4OS. The SMILES string of the molecule is CC(Sc1nnc(Cc2ccccc2)n1-c1ccccc1)C(=O)N1CCCc2ccccc21. The van der Waals surface area contributed by atoms with Crippen molar-refractivity contribution in [1.29, 1.82) is 0 Å². The Bertz CT molecular complexity index is 1240. The number of nitrogens with zero attached hydrogens (tertiary/aromatic N) is 4. The summed E-state index contributed by atoms with van der Waals surface area (Å²) in [6, 6.07) is 28.6. The number of hydrogen-bond acceptors (Lipinski definition) is 4. The summed E-state index contributed by atoms with van der Waals surface area (Å²) >= 11 is 1.47. The van der Waals surface area contributed by atoms with E-state index in [1.54, 1.807) is 0 Å². The number of carbonyl (C=O) groups excluding carboxylic acids is 1. The van der Waals surface area contributed by atoms with Gasteiger partial charge in [0.05, 0.1) is 5.25 Å². The molecule has 1 aliphatic rings. The van der Waals surface area contributed by atoms with Gasteiger partial charge in [0.1, 0.15) is 5.82 Å². The summed E-state index contributed by atoms with van der Waals surface area (Å²) in [5, 5.41) is 9.47. The zero-order valence-corrected chi connectivity index (χ0v) is 19.4. The van der Waals surface area contributed by atoms with Crippen LogP contribution in [0, 0.1) is 0 Å². The van der Waals surface area contributed by atoms with Crippen molar-refractivity contribution in [1.82, 2.24) is 14.8 Å². The van der Waals surface area contributed by atoms with E-state index in [0.717, 1.165) is 41.7 Å². The van der Waals surface area contributed by atoms with Crippen LogP contribution in [-0.2, 0) is 17.6 Å². The average molecular weight is 455 g/mol. The minimum Gasteiger partial charge on any atom is -0.311 e. The van der Waals surface area contributed by atoms with Gasteiger partial charge in [-0.2, -0.15) is 0 Å². The number of rotatable bonds is 6. The molecule has 166 valence electrons. The molecule has 0 radical (unpaired) electrons. The molecule has 3 aromatic carbocycles. The van der Waals surface area contributed by atoms with E-state index >= 15 is 0 Å². The highest BCUT2D eigenvalue weighted by Crippen LogP contribution is 2.32. The van der Waals surface area contributed by atoms with Gasteiger partial charge in [-0.1, -0.05) is 78.5 Å². The minimum atomic E-state index is -0.285. The molecule has 1 aliphatic heterocycles. The second kappa shape index (κ2) is 9.63. The van der Waals surface area contributed by atoms with E-state index in [1.807, 2.05) is 66.4 Å². The van der Waals surface area contributed by atoms with Crippen LogP contribution in [0.4, 0.5) is 5.69 Å². The van der Waals surface area contributed by atoms with Gasteiger partial charge in [0.25, 0.3) is 0 Å². The first-order valence-corrected chi connectivity index (χ1v) is 12.2. The van der Waals surface area contributed by atoms with Crippen LogP contribution in [0.2, 0.25) is 0 Å². The molecule has 6 heteroatoms. The van der Waals surface area contributed by atoms with Crippen LogP contribution in [0.25, 0.3) is 5.69 Å². The van der Waals surface area contributed by atoms with Crippen LogP contribution in [0.15, 0.2) is 90.1 Å². The molecule has 0 fully saturated rings. The zero-order valence-electron chi connectivity index (χ0n) is 18.6. The Kier molecular flexibility index (Phi) is 6.26. The molecule has 5 rings (SSSR count). The quantitative estimate of drug-likeness (QED) is 0.370. The van der Waals surface area contributed by atoms with Crippen molar-refractivity contribution in [2.45, 2.75) is 36.6 Å². The number of thioether (sulfide) groups is 1. The molecule has 0 N–H and O–H groups in total. The normalized spacial score (nSPS) is 14.0. The maximum atomic E-state index is 13.5. The summed E-state index contributed by atoms with van der Waals surface area (Å²) in [7, 11) is 0. The Labute approximate surface area is 198 Å². The summed E-state index contributed by atoms with van der Waals surface area (Å²) in [5.74, 6) is 0.970. The second-order valence-corrected chi connectivity index (χ2v) is 9.52. The van der Waals surface area contributed by atoms with Gasteiger partial charge in [-0.15, -0.1) is 10.2 Å². The van der Waals surface area contributed by atoms with E-state index in [4.69, 9.17) is 0 Å². The highest BCUT2D eigenvalue weighted by Gasteiger charge is 2.28. The average Bonchev–Trinajstić information content (AvgIpc) is 3.26. The molecule has 0 bridgehead atoms. The van der Waals surface area contributed by atoms with Crippen LogP contribution in [0.5, 0.6) is 0 Å². The van der Waals surface area contributed by atoms with Crippen LogP contribution < -0.4 is 4.90 Å². The topological polar surface area (TPSA) is 51.0 Å².